The molecule has 0 aliphatic heterocycles. The zero-order valence-electron chi connectivity index (χ0n) is 12.9. The number of imidazole rings is 1. The largest absolute Gasteiger partial charge is 0.307 e. The first-order chi connectivity index (χ1) is 11.1. The fraction of sp³-hybridized carbons (Fsp3) is 0.111. The van der Waals surface area contributed by atoms with Crippen LogP contribution in [-0.2, 0) is 13.1 Å². The van der Waals surface area contributed by atoms with E-state index in [-0.39, 0.29) is 34.9 Å². The van der Waals surface area contributed by atoms with Crippen molar-refractivity contribution in [1.82, 2.24) is 9.13 Å². The van der Waals surface area contributed by atoms with E-state index in [1.807, 2.05) is 28.8 Å². The molecule has 0 fully saturated rings. The van der Waals surface area contributed by atoms with Crippen LogP contribution >= 0.6 is 28.6 Å². The van der Waals surface area contributed by atoms with Crippen LogP contribution in [0.1, 0.15) is 10.4 Å². The van der Waals surface area contributed by atoms with E-state index in [0.717, 1.165) is 11.0 Å². The summed E-state index contributed by atoms with van der Waals surface area (Å²) in [7, 11) is 0. The maximum absolute atomic E-state index is 12.5. The lowest BCUT2D eigenvalue weighted by atomic mass is 10.1. The Morgan fingerprint density at radius 2 is 1.67 bits per heavy atom. The number of carbonyl (C=O) groups excluding carboxylic acids is 1. The van der Waals surface area contributed by atoms with E-state index in [1.165, 1.54) is 0 Å². The SMILES string of the molecule is Br.C=CCn1c(=N)n(CC(=O)c2ccc(Cl)cc2)c2ccccc21. The smallest absolute Gasteiger partial charge is 0.203 e. The molecule has 2 aromatic carbocycles. The highest BCUT2D eigenvalue weighted by molar-refractivity contribution is 8.93. The first-order valence-electron chi connectivity index (χ1n) is 7.24. The van der Waals surface area contributed by atoms with Crippen LogP contribution in [0.3, 0.4) is 0 Å². The molecule has 0 aliphatic carbocycles. The molecule has 0 unspecified atom stereocenters. The van der Waals surface area contributed by atoms with Gasteiger partial charge in [0.25, 0.3) is 0 Å². The molecule has 0 bridgehead atoms. The van der Waals surface area contributed by atoms with Gasteiger partial charge in [-0.2, -0.15) is 0 Å². The Morgan fingerprint density at radius 3 is 2.25 bits per heavy atom. The maximum Gasteiger partial charge on any atom is 0.203 e. The second kappa shape index (κ2) is 7.64. The lowest BCUT2D eigenvalue weighted by Gasteiger charge is -2.04. The van der Waals surface area contributed by atoms with Gasteiger partial charge in [-0.05, 0) is 36.4 Å². The summed E-state index contributed by atoms with van der Waals surface area (Å²) < 4.78 is 3.55. The minimum absolute atomic E-state index is 0. The van der Waals surface area contributed by atoms with Crippen molar-refractivity contribution in [3.05, 3.63) is 77.4 Å². The number of fused-ring (bicyclic) bond motifs is 1. The van der Waals surface area contributed by atoms with Gasteiger partial charge in [-0.1, -0.05) is 29.8 Å². The van der Waals surface area contributed by atoms with Gasteiger partial charge < -0.3 is 9.13 Å². The molecule has 6 heteroatoms. The van der Waals surface area contributed by atoms with Gasteiger partial charge in [-0.25, -0.2) is 0 Å². The number of Topliss-reactive ketones (excluding diaryl/α,β-unsaturated/α-hetero) is 1. The maximum atomic E-state index is 12.5. The molecule has 0 aliphatic rings. The molecule has 4 nitrogen and oxygen atoms in total. The van der Waals surface area contributed by atoms with Crippen LogP contribution in [0.4, 0.5) is 0 Å². The van der Waals surface area contributed by atoms with Crippen LogP contribution in [0.5, 0.6) is 0 Å². The van der Waals surface area contributed by atoms with Crippen LogP contribution in [0, 0.1) is 5.41 Å². The Labute approximate surface area is 155 Å². The highest BCUT2D eigenvalue weighted by Crippen LogP contribution is 2.15. The normalized spacial score (nSPS) is 10.4. The predicted molar refractivity (Wildman–Crippen MR) is 102 cm³/mol. The number of hydrogen-bond acceptors (Lipinski definition) is 2. The number of halogens is 2. The summed E-state index contributed by atoms with van der Waals surface area (Å²) in [4.78, 5) is 12.5. The van der Waals surface area contributed by atoms with Crippen molar-refractivity contribution in [2.24, 2.45) is 0 Å². The first-order valence-corrected chi connectivity index (χ1v) is 7.62. The third-order valence-corrected chi connectivity index (χ3v) is 4.01. The molecule has 1 heterocycles. The third-order valence-electron chi connectivity index (χ3n) is 3.75. The summed E-state index contributed by atoms with van der Waals surface area (Å²) in [6.45, 7) is 4.38. The summed E-state index contributed by atoms with van der Waals surface area (Å²) in [6, 6.07) is 14.5. The number of ketones is 1. The van der Waals surface area contributed by atoms with Crippen LogP contribution in [0.2, 0.25) is 5.02 Å². The molecule has 0 amide bonds. The molecule has 1 N–H and O–H groups in total. The number of nitrogens with zero attached hydrogens (tertiary/aromatic N) is 2. The molecule has 3 aromatic rings. The fourth-order valence-electron chi connectivity index (χ4n) is 2.64. The van der Waals surface area contributed by atoms with Crippen molar-refractivity contribution in [2.45, 2.75) is 13.1 Å². The van der Waals surface area contributed by atoms with E-state index in [2.05, 4.69) is 6.58 Å². The molecule has 0 saturated heterocycles. The summed E-state index contributed by atoms with van der Waals surface area (Å²) >= 11 is 5.86. The second-order valence-electron chi connectivity index (χ2n) is 5.23. The standard InChI is InChI=1S/C18H16ClN3O.BrH/c1-2-11-21-15-5-3-4-6-16(15)22(18(21)20)12-17(23)13-7-9-14(19)10-8-13;/h2-10,20H,1,11-12H2;1H. The highest BCUT2D eigenvalue weighted by Gasteiger charge is 2.13. The molecule has 0 saturated carbocycles. The number of aromatic nitrogens is 2. The van der Waals surface area contributed by atoms with Gasteiger partial charge in [0.05, 0.1) is 17.6 Å². The van der Waals surface area contributed by atoms with E-state index in [9.17, 15) is 4.79 Å². The van der Waals surface area contributed by atoms with Crippen molar-refractivity contribution in [1.29, 1.82) is 5.41 Å². The van der Waals surface area contributed by atoms with E-state index in [0.29, 0.717) is 17.1 Å². The van der Waals surface area contributed by atoms with E-state index in [1.54, 1.807) is 34.9 Å². The van der Waals surface area contributed by atoms with Crippen LogP contribution < -0.4 is 5.62 Å². The molecule has 0 atom stereocenters. The van der Waals surface area contributed by atoms with Crippen molar-refractivity contribution >= 4 is 45.4 Å². The van der Waals surface area contributed by atoms with Gasteiger partial charge in [-0.15, -0.1) is 23.6 Å². The number of carbonyl (C=O) groups is 1. The molecule has 24 heavy (non-hydrogen) atoms. The van der Waals surface area contributed by atoms with Crippen LogP contribution in [0.25, 0.3) is 11.0 Å². The van der Waals surface area contributed by atoms with Crippen molar-refractivity contribution in [3.63, 3.8) is 0 Å². The number of nitrogens with one attached hydrogen (secondary N) is 1. The van der Waals surface area contributed by atoms with Crippen LogP contribution in [0.15, 0.2) is 61.2 Å². The highest BCUT2D eigenvalue weighted by atomic mass is 79.9. The lowest BCUT2D eigenvalue weighted by molar-refractivity contribution is 0.0971. The average Bonchev–Trinajstić information content (AvgIpc) is 2.82. The quantitative estimate of drug-likeness (QED) is 0.500. The molecule has 3 rings (SSSR count). The zero-order chi connectivity index (χ0) is 16.4. The van der Waals surface area contributed by atoms with E-state index in [4.69, 9.17) is 17.0 Å². The number of allylic oxidation sites excluding steroid dienone is 1. The lowest BCUT2D eigenvalue weighted by Crippen LogP contribution is -2.27. The summed E-state index contributed by atoms with van der Waals surface area (Å²) in [5, 5.41) is 8.97. The molecule has 124 valence electrons. The molecule has 0 radical (unpaired) electrons. The topological polar surface area (TPSA) is 50.8 Å². The summed E-state index contributed by atoms with van der Waals surface area (Å²) in [6.07, 6.45) is 1.75. The number of benzene rings is 2. The Kier molecular flexibility index (Phi) is 5.80. The predicted octanol–water partition coefficient (Wildman–Crippen LogP) is 4.22. The third kappa shape index (κ3) is 3.37. The molecule has 0 spiro atoms. The Balaban J connectivity index is 0.00000208. The van der Waals surface area contributed by atoms with Gasteiger partial charge >= 0.3 is 0 Å². The van der Waals surface area contributed by atoms with Crippen LogP contribution in [-0.4, -0.2) is 14.9 Å². The van der Waals surface area contributed by atoms with E-state index >= 15 is 0 Å². The fourth-order valence-corrected chi connectivity index (χ4v) is 2.77. The minimum atomic E-state index is -0.0540. The Bertz CT molecular complexity index is 941. The Morgan fingerprint density at radius 1 is 1.08 bits per heavy atom. The monoisotopic (exact) mass is 405 g/mol. The van der Waals surface area contributed by atoms with Gasteiger partial charge in [0, 0.05) is 17.1 Å². The summed E-state index contributed by atoms with van der Waals surface area (Å²) in [5.74, 6) is -0.0540. The van der Waals surface area contributed by atoms with Gasteiger partial charge in [0.15, 0.2) is 5.78 Å². The summed E-state index contributed by atoms with van der Waals surface area (Å²) in [5.41, 5.74) is 2.65. The van der Waals surface area contributed by atoms with Crippen molar-refractivity contribution in [3.8, 4) is 0 Å². The first kappa shape index (κ1) is 18.2. The van der Waals surface area contributed by atoms with Gasteiger partial charge in [-0.3, -0.25) is 10.2 Å². The van der Waals surface area contributed by atoms with Crippen molar-refractivity contribution < 1.29 is 4.79 Å². The second-order valence-corrected chi connectivity index (χ2v) is 5.66. The van der Waals surface area contributed by atoms with Gasteiger partial charge in [0.2, 0.25) is 5.62 Å². The van der Waals surface area contributed by atoms with Gasteiger partial charge in [0.1, 0.15) is 0 Å². The number of para-hydroxylation sites is 2. The zero-order valence-corrected chi connectivity index (χ0v) is 15.4. The average molecular weight is 407 g/mol. The molecular weight excluding hydrogens is 390 g/mol. The number of rotatable bonds is 5. The number of hydrogen-bond donors (Lipinski definition) is 1. The molecule has 1 aromatic heterocycles. The minimum Gasteiger partial charge on any atom is -0.307 e. The Hall–Kier alpha value is -2.11. The van der Waals surface area contributed by atoms with E-state index < -0.39 is 0 Å². The van der Waals surface area contributed by atoms with Crippen molar-refractivity contribution in [2.75, 3.05) is 0 Å². The molecular formula is C18H17BrClN3O.